The molecule has 0 unspecified atom stereocenters. The van der Waals surface area contributed by atoms with Crippen LogP contribution in [0.2, 0.25) is 0 Å². The third-order valence-corrected chi connectivity index (χ3v) is 6.53. The number of carbonyl (C=O) groups excluding carboxylic acids is 1. The molecule has 2 aromatic carbocycles. The lowest BCUT2D eigenvalue weighted by Gasteiger charge is -2.10. The summed E-state index contributed by atoms with van der Waals surface area (Å²) in [4.78, 5) is 16.8. The Bertz CT molecular complexity index is 1120. The van der Waals surface area contributed by atoms with E-state index < -0.39 is 16.0 Å². The van der Waals surface area contributed by atoms with Gasteiger partial charge in [0.2, 0.25) is 10.0 Å². The Morgan fingerprint density at radius 2 is 1.90 bits per heavy atom. The highest BCUT2D eigenvalue weighted by Crippen LogP contribution is 2.26. The van der Waals surface area contributed by atoms with Crippen molar-refractivity contribution in [1.29, 1.82) is 0 Å². The molecular weight excluding hydrogens is 412 g/mol. The third kappa shape index (κ3) is 4.81. The molecule has 0 spiro atoms. The van der Waals surface area contributed by atoms with Crippen molar-refractivity contribution in [2.45, 2.75) is 18.4 Å². The smallest absolute Gasteiger partial charge is 0.338 e. The number of hydrogen-bond acceptors (Lipinski definition) is 7. The van der Waals surface area contributed by atoms with Gasteiger partial charge >= 0.3 is 5.97 Å². The van der Waals surface area contributed by atoms with Crippen LogP contribution in [-0.4, -0.2) is 33.5 Å². The molecule has 1 aromatic heterocycles. The number of hydrogen-bond donors (Lipinski definition) is 1. The number of benzene rings is 2. The second kappa shape index (κ2) is 8.73. The van der Waals surface area contributed by atoms with Crippen molar-refractivity contribution in [3.05, 3.63) is 64.7 Å². The Kier molecular flexibility index (Phi) is 6.31. The number of aryl methyl sites for hydroxylation is 1. The van der Waals surface area contributed by atoms with Gasteiger partial charge in [0.25, 0.3) is 0 Å². The number of ether oxygens (including phenoxy) is 2. The molecule has 0 amide bonds. The van der Waals surface area contributed by atoms with Crippen molar-refractivity contribution in [3.63, 3.8) is 0 Å². The number of methoxy groups -OCH3 is 1. The highest BCUT2D eigenvalue weighted by atomic mass is 32.2. The van der Waals surface area contributed by atoms with E-state index >= 15 is 0 Å². The molecule has 7 nitrogen and oxygen atoms in total. The Labute approximate surface area is 173 Å². The summed E-state index contributed by atoms with van der Waals surface area (Å²) in [5, 5.41) is 2.66. The second-order valence-corrected chi connectivity index (χ2v) is 8.87. The average molecular weight is 433 g/mol. The molecule has 0 aliphatic rings. The standard InChI is InChI=1S/C20H20N2O5S2/c1-13-4-6-14(7-5-13)19-22-16(12-28-19)11-27-20(23)15-8-9-17(26-3)18(10-15)29(24,25)21-2/h4-10,12,21H,11H2,1-3H3. The van der Waals surface area contributed by atoms with Crippen LogP contribution in [0.4, 0.5) is 0 Å². The summed E-state index contributed by atoms with van der Waals surface area (Å²) in [6.07, 6.45) is 0. The first-order chi connectivity index (χ1) is 13.8. The molecule has 0 fully saturated rings. The molecule has 0 aliphatic heterocycles. The molecule has 0 aliphatic carbocycles. The Balaban J connectivity index is 1.73. The molecular formula is C20H20N2O5S2. The van der Waals surface area contributed by atoms with Gasteiger partial charge in [-0.2, -0.15) is 0 Å². The number of nitrogens with zero attached hydrogens (tertiary/aromatic N) is 1. The summed E-state index contributed by atoms with van der Waals surface area (Å²) < 4.78 is 36.9. The maximum atomic E-state index is 12.4. The molecule has 1 heterocycles. The van der Waals surface area contributed by atoms with Gasteiger partial charge in [-0.25, -0.2) is 22.9 Å². The fourth-order valence-electron chi connectivity index (χ4n) is 2.55. The Morgan fingerprint density at radius 1 is 1.17 bits per heavy atom. The summed E-state index contributed by atoms with van der Waals surface area (Å²) in [5.74, 6) is -0.511. The summed E-state index contributed by atoms with van der Waals surface area (Å²) in [5.41, 5.74) is 2.89. The van der Waals surface area contributed by atoms with E-state index in [1.54, 1.807) is 0 Å². The van der Waals surface area contributed by atoms with E-state index in [2.05, 4.69) is 9.71 Å². The largest absolute Gasteiger partial charge is 0.495 e. The van der Waals surface area contributed by atoms with E-state index in [1.165, 1.54) is 49.3 Å². The molecule has 3 rings (SSSR count). The normalized spacial score (nSPS) is 11.3. The highest BCUT2D eigenvalue weighted by molar-refractivity contribution is 7.89. The number of sulfonamides is 1. The number of carbonyl (C=O) groups is 1. The van der Waals surface area contributed by atoms with Crippen LogP contribution in [0.3, 0.4) is 0 Å². The van der Waals surface area contributed by atoms with Crippen molar-refractivity contribution in [1.82, 2.24) is 9.71 Å². The molecule has 152 valence electrons. The van der Waals surface area contributed by atoms with Gasteiger partial charge in [0.1, 0.15) is 22.3 Å². The van der Waals surface area contributed by atoms with E-state index in [0.29, 0.717) is 5.69 Å². The van der Waals surface area contributed by atoms with E-state index in [9.17, 15) is 13.2 Å². The summed E-state index contributed by atoms with van der Waals surface area (Å²) >= 11 is 1.46. The van der Waals surface area contributed by atoms with Crippen LogP contribution in [0.25, 0.3) is 10.6 Å². The Morgan fingerprint density at radius 3 is 2.55 bits per heavy atom. The molecule has 29 heavy (non-hydrogen) atoms. The molecule has 0 atom stereocenters. The van der Waals surface area contributed by atoms with Gasteiger partial charge in [-0.05, 0) is 32.2 Å². The van der Waals surface area contributed by atoms with Gasteiger partial charge in [0.15, 0.2) is 0 Å². The molecule has 9 heteroatoms. The van der Waals surface area contributed by atoms with Crippen molar-refractivity contribution < 1.29 is 22.7 Å². The molecule has 0 radical (unpaired) electrons. The van der Waals surface area contributed by atoms with Gasteiger partial charge in [-0.15, -0.1) is 11.3 Å². The van der Waals surface area contributed by atoms with Gasteiger partial charge < -0.3 is 9.47 Å². The SMILES string of the molecule is CNS(=O)(=O)c1cc(C(=O)OCc2csc(-c3ccc(C)cc3)n2)ccc1OC. The van der Waals surface area contributed by atoms with Crippen LogP contribution in [0.5, 0.6) is 5.75 Å². The average Bonchev–Trinajstić information content (AvgIpc) is 3.21. The minimum absolute atomic E-state index is 0.0126. The predicted octanol–water partition coefficient (Wildman–Crippen LogP) is 3.39. The lowest BCUT2D eigenvalue weighted by Crippen LogP contribution is -2.20. The number of rotatable bonds is 7. The van der Waals surface area contributed by atoms with Crippen LogP contribution in [0, 0.1) is 6.92 Å². The number of thiazole rings is 1. The third-order valence-electron chi connectivity index (χ3n) is 4.16. The van der Waals surface area contributed by atoms with Crippen molar-refractivity contribution in [2.75, 3.05) is 14.2 Å². The topological polar surface area (TPSA) is 94.6 Å². The van der Waals surface area contributed by atoms with Crippen molar-refractivity contribution in [3.8, 4) is 16.3 Å². The first kappa shape index (κ1) is 21.0. The van der Waals surface area contributed by atoms with Crippen LogP contribution in [-0.2, 0) is 21.4 Å². The number of esters is 1. The van der Waals surface area contributed by atoms with Crippen LogP contribution in [0.15, 0.2) is 52.7 Å². The molecule has 0 saturated heterocycles. The fraction of sp³-hybridized carbons (Fsp3) is 0.200. The molecule has 3 aromatic rings. The summed E-state index contributed by atoms with van der Waals surface area (Å²) in [6, 6.07) is 12.1. The quantitative estimate of drug-likeness (QED) is 0.575. The number of nitrogens with one attached hydrogen (secondary N) is 1. The maximum Gasteiger partial charge on any atom is 0.338 e. The highest BCUT2D eigenvalue weighted by Gasteiger charge is 2.21. The maximum absolute atomic E-state index is 12.4. The summed E-state index contributed by atoms with van der Waals surface area (Å²) in [6.45, 7) is 2.00. The van der Waals surface area contributed by atoms with Crippen LogP contribution >= 0.6 is 11.3 Å². The second-order valence-electron chi connectivity index (χ2n) is 6.16. The first-order valence-electron chi connectivity index (χ1n) is 8.64. The first-order valence-corrected chi connectivity index (χ1v) is 11.0. The van der Waals surface area contributed by atoms with Crippen molar-refractivity contribution >= 4 is 27.3 Å². The zero-order valence-electron chi connectivity index (χ0n) is 16.1. The fourth-order valence-corrected chi connectivity index (χ4v) is 4.28. The minimum atomic E-state index is -3.79. The monoisotopic (exact) mass is 432 g/mol. The van der Waals surface area contributed by atoms with Gasteiger partial charge in [-0.1, -0.05) is 29.8 Å². The molecule has 1 N–H and O–H groups in total. The zero-order chi connectivity index (χ0) is 21.0. The molecule has 0 bridgehead atoms. The summed E-state index contributed by atoms with van der Waals surface area (Å²) in [7, 11) is -1.15. The molecule has 0 saturated carbocycles. The van der Waals surface area contributed by atoms with E-state index in [1.807, 2.05) is 36.6 Å². The van der Waals surface area contributed by atoms with E-state index in [-0.39, 0.29) is 22.8 Å². The van der Waals surface area contributed by atoms with Crippen molar-refractivity contribution in [2.24, 2.45) is 0 Å². The van der Waals surface area contributed by atoms with Gasteiger partial charge in [0, 0.05) is 10.9 Å². The predicted molar refractivity (Wildman–Crippen MR) is 111 cm³/mol. The van der Waals surface area contributed by atoms with E-state index in [4.69, 9.17) is 9.47 Å². The van der Waals surface area contributed by atoms with Gasteiger partial charge in [0.05, 0.1) is 18.4 Å². The Hall–Kier alpha value is -2.75. The van der Waals surface area contributed by atoms with Crippen LogP contribution in [0.1, 0.15) is 21.6 Å². The zero-order valence-corrected chi connectivity index (χ0v) is 17.8. The lowest BCUT2D eigenvalue weighted by molar-refractivity contribution is 0.0468. The minimum Gasteiger partial charge on any atom is -0.495 e. The van der Waals surface area contributed by atoms with E-state index in [0.717, 1.165) is 10.6 Å². The lowest BCUT2D eigenvalue weighted by atomic mass is 10.2. The van der Waals surface area contributed by atoms with Crippen LogP contribution < -0.4 is 9.46 Å². The number of aromatic nitrogens is 1. The van der Waals surface area contributed by atoms with Gasteiger partial charge in [-0.3, -0.25) is 0 Å².